The van der Waals surface area contributed by atoms with E-state index in [2.05, 4.69) is 19.1 Å². The number of thiophene rings is 1. The van der Waals surface area contributed by atoms with E-state index in [4.69, 9.17) is 5.73 Å². The summed E-state index contributed by atoms with van der Waals surface area (Å²) in [5, 5.41) is 1.62. The Hall–Kier alpha value is -2.07. The monoisotopic (exact) mass is 298 g/mol. The molecule has 3 rings (SSSR count). The predicted octanol–water partition coefficient (Wildman–Crippen LogP) is 3.76. The average Bonchev–Trinajstić information content (AvgIpc) is 2.84. The summed E-state index contributed by atoms with van der Waals surface area (Å²) in [4.78, 5) is 15.2. The third-order valence-corrected chi connectivity index (χ3v) is 4.75. The molecule has 3 nitrogen and oxygen atoms in total. The lowest BCUT2D eigenvalue weighted by molar-refractivity contribution is 0.542. The Morgan fingerprint density at radius 1 is 1.24 bits per heavy atom. The van der Waals surface area contributed by atoms with Gasteiger partial charge in [-0.15, -0.1) is 11.3 Å². The fraction of sp³-hybridized carbons (Fsp3) is 0.235. The van der Waals surface area contributed by atoms with Crippen molar-refractivity contribution in [1.82, 2.24) is 4.57 Å². The summed E-state index contributed by atoms with van der Waals surface area (Å²) in [6, 6.07) is 13.7. The highest BCUT2D eigenvalue weighted by molar-refractivity contribution is 7.11. The fourth-order valence-corrected chi connectivity index (χ4v) is 3.74. The molecule has 0 saturated carbocycles. The van der Waals surface area contributed by atoms with Crippen molar-refractivity contribution in [2.24, 2.45) is 0 Å². The van der Waals surface area contributed by atoms with Gasteiger partial charge < -0.3 is 5.73 Å². The maximum Gasteiger partial charge on any atom is 0.260 e. The second-order valence-electron chi connectivity index (χ2n) is 5.40. The summed E-state index contributed by atoms with van der Waals surface area (Å²) in [5.41, 5.74) is 6.11. The molecule has 2 heterocycles. The number of hydrogen-bond donors (Lipinski definition) is 1. The number of nitrogen functional groups attached to an aromatic ring is 1. The van der Waals surface area contributed by atoms with Crippen LogP contribution in [0, 0.1) is 6.92 Å². The molecule has 2 N–H and O–H groups in total. The quantitative estimate of drug-likeness (QED) is 0.800. The van der Waals surface area contributed by atoms with Gasteiger partial charge in [-0.1, -0.05) is 18.2 Å². The number of aryl methyl sites for hydroxylation is 1. The molecular formula is C17H18N2OS. The number of nitrogens with zero attached hydrogens (tertiary/aromatic N) is 1. The van der Waals surface area contributed by atoms with Crippen molar-refractivity contribution < 1.29 is 0 Å². The average molecular weight is 298 g/mol. The van der Waals surface area contributed by atoms with Gasteiger partial charge in [-0.2, -0.15) is 0 Å². The van der Waals surface area contributed by atoms with E-state index in [-0.39, 0.29) is 11.6 Å². The van der Waals surface area contributed by atoms with Crippen LogP contribution in [0.2, 0.25) is 0 Å². The van der Waals surface area contributed by atoms with E-state index in [0.29, 0.717) is 5.82 Å². The zero-order chi connectivity index (χ0) is 15.0. The molecule has 1 aromatic carbocycles. The molecule has 0 aliphatic carbocycles. The third kappa shape index (κ3) is 2.59. The van der Waals surface area contributed by atoms with E-state index in [0.717, 1.165) is 17.2 Å². The maximum absolute atomic E-state index is 12.7. The molecule has 0 radical (unpaired) electrons. The number of fused-ring (bicyclic) bond motifs is 1. The van der Waals surface area contributed by atoms with Crippen LogP contribution in [0.1, 0.15) is 22.7 Å². The van der Waals surface area contributed by atoms with Crippen LogP contribution in [0.4, 0.5) is 5.82 Å². The Kier molecular flexibility index (Phi) is 3.55. The van der Waals surface area contributed by atoms with Crippen LogP contribution in [0.25, 0.3) is 10.8 Å². The van der Waals surface area contributed by atoms with Crippen molar-refractivity contribution in [3.63, 3.8) is 0 Å². The Labute approximate surface area is 127 Å². The zero-order valence-corrected chi connectivity index (χ0v) is 13.0. The van der Waals surface area contributed by atoms with Gasteiger partial charge in [-0.05, 0) is 43.5 Å². The molecule has 0 fully saturated rings. The molecular weight excluding hydrogens is 280 g/mol. The minimum atomic E-state index is -0.00798. The molecule has 2 aromatic heterocycles. The SMILES string of the molecule is Cc1ccc(CC(C)n2c(N)cc3ccccc3c2=O)s1. The van der Waals surface area contributed by atoms with Crippen molar-refractivity contribution in [3.05, 3.63) is 62.6 Å². The topological polar surface area (TPSA) is 48.0 Å². The van der Waals surface area contributed by atoms with Gasteiger partial charge in [-0.3, -0.25) is 9.36 Å². The minimum absolute atomic E-state index is 0.00798. The van der Waals surface area contributed by atoms with E-state index >= 15 is 0 Å². The summed E-state index contributed by atoms with van der Waals surface area (Å²) < 4.78 is 1.71. The van der Waals surface area contributed by atoms with Gasteiger partial charge >= 0.3 is 0 Å². The molecule has 0 spiro atoms. The normalized spacial score (nSPS) is 12.7. The molecule has 21 heavy (non-hydrogen) atoms. The molecule has 4 heteroatoms. The van der Waals surface area contributed by atoms with Crippen molar-refractivity contribution in [2.75, 3.05) is 5.73 Å². The second kappa shape index (κ2) is 5.37. The lowest BCUT2D eigenvalue weighted by Gasteiger charge is -2.18. The van der Waals surface area contributed by atoms with Crippen LogP contribution in [0.5, 0.6) is 0 Å². The number of benzene rings is 1. The van der Waals surface area contributed by atoms with E-state index in [1.165, 1.54) is 9.75 Å². The van der Waals surface area contributed by atoms with Crippen molar-refractivity contribution in [3.8, 4) is 0 Å². The molecule has 108 valence electrons. The van der Waals surface area contributed by atoms with Crippen molar-refractivity contribution in [1.29, 1.82) is 0 Å². The van der Waals surface area contributed by atoms with Gasteiger partial charge in [-0.25, -0.2) is 0 Å². The molecule has 0 aliphatic rings. The van der Waals surface area contributed by atoms with E-state index < -0.39 is 0 Å². The lowest BCUT2D eigenvalue weighted by Crippen LogP contribution is -2.26. The number of aromatic nitrogens is 1. The summed E-state index contributed by atoms with van der Waals surface area (Å²) in [5.74, 6) is 0.527. The number of nitrogens with two attached hydrogens (primary N) is 1. The summed E-state index contributed by atoms with van der Waals surface area (Å²) >= 11 is 1.77. The Balaban J connectivity index is 2.05. The molecule has 1 unspecified atom stereocenters. The lowest BCUT2D eigenvalue weighted by atomic mass is 10.1. The number of pyridine rings is 1. The van der Waals surface area contributed by atoms with Crippen LogP contribution in [-0.2, 0) is 6.42 Å². The van der Waals surface area contributed by atoms with E-state index in [1.54, 1.807) is 15.9 Å². The van der Waals surface area contributed by atoms with Gasteiger partial charge in [0, 0.05) is 27.6 Å². The van der Waals surface area contributed by atoms with Crippen LogP contribution >= 0.6 is 11.3 Å². The first-order valence-corrected chi connectivity index (χ1v) is 7.83. The maximum atomic E-state index is 12.7. The molecule has 0 aliphatic heterocycles. The first-order chi connectivity index (χ1) is 10.1. The number of hydrogen-bond acceptors (Lipinski definition) is 3. The number of rotatable bonds is 3. The summed E-state index contributed by atoms with van der Waals surface area (Å²) in [6.45, 7) is 4.14. The van der Waals surface area contributed by atoms with Crippen molar-refractivity contribution in [2.45, 2.75) is 26.3 Å². The highest BCUT2D eigenvalue weighted by atomic mass is 32.1. The van der Waals surface area contributed by atoms with Crippen LogP contribution in [-0.4, -0.2) is 4.57 Å². The van der Waals surface area contributed by atoms with Gasteiger partial charge in [0.2, 0.25) is 0 Å². The highest BCUT2D eigenvalue weighted by Gasteiger charge is 2.14. The smallest absolute Gasteiger partial charge is 0.260 e. The summed E-state index contributed by atoms with van der Waals surface area (Å²) in [7, 11) is 0. The van der Waals surface area contributed by atoms with Gasteiger partial charge in [0.25, 0.3) is 5.56 Å². The Bertz CT molecular complexity index is 847. The van der Waals surface area contributed by atoms with Gasteiger partial charge in [0.05, 0.1) is 0 Å². The third-order valence-electron chi connectivity index (χ3n) is 3.72. The second-order valence-corrected chi connectivity index (χ2v) is 6.77. The van der Waals surface area contributed by atoms with Crippen molar-refractivity contribution >= 4 is 27.9 Å². The summed E-state index contributed by atoms with van der Waals surface area (Å²) in [6.07, 6.45) is 0.820. The van der Waals surface area contributed by atoms with Gasteiger partial charge in [0.1, 0.15) is 5.82 Å². The Morgan fingerprint density at radius 3 is 2.71 bits per heavy atom. The number of anilines is 1. The molecule has 3 aromatic rings. The van der Waals surface area contributed by atoms with E-state index in [1.807, 2.05) is 37.3 Å². The van der Waals surface area contributed by atoms with Crippen LogP contribution < -0.4 is 11.3 Å². The molecule has 0 amide bonds. The predicted molar refractivity (Wildman–Crippen MR) is 90.1 cm³/mol. The fourth-order valence-electron chi connectivity index (χ4n) is 2.73. The zero-order valence-electron chi connectivity index (χ0n) is 12.2. The van der Waals surface area contributed by atoms with E-state index in [9.17, 15) is 4.79 Å². The largest absolute Gasteiger partial charge is 0.385 e. The van der Waals surface area contributed by atoms with Gasteiger partial charge in [0.15, 0.2) is 0 Å². The minimum Gasteiger partial charge on any atom is -0.385 e. The first-order valence-electron chi connectivity index (χ1n) is 7.01. The first kappa shape index (κ1) is 13.9. The Morgan fingerprint density at radius 2 is 2.00 bits per heavy atom. The van der Waals surface area contributed by atoms with Crippen LogP contribution in [0.3, 0.4) is 0 Å². The molecule has 0 bridgehead atoms. The molecule has 0 saturated heterocycles. The standard InChI is InChI=1S/C17H18N2OS/c1-11(9-14-8-7-12(2)21-14)19-16(18)10-13-5-3-4-6-15(13)17(19)20/h3-8,10-11H,9,18H2,1-2H3. The highest BCUT2D eigenvalue weighted by Crippen LogP contribution is 2.23. The molecule has 1 atom stereocenters. The van der Waals surface area contributed by atoms with Crippen LogP contribution in [0.15, 0.2) is 47.3 Å².